The number of nitrogens with zero attached hydrogens (tertiary/aromatic N) is 3. The van der Waals surface area contributed by atoms with Crippen molar-refractivity contribution in [2.24, 2.45) is 5.92 Å². The lowest BCUT2D eigenvalue weighted by Crippen LogP contribution is -2.61. The highest BCUT2D eigenvalue weighted by Crippen LogP contribution is 2.35. The van der Waals surface area contributed by atoms with E-state index in [1.54, 1.807) is 24.0 Å². The summed E-state index contributed by atoms with van der Waals surface area (Å²) >= 11 is 0. The van der Waals surface area contributed by atoms with Crippen LogP contribution in [0.3, 0.4) is 0 Å². The number of aromatic amines is 1. The number of aliphatic carboxylic acids is 1. The van der Waals surface area contributed by atoms with Gasteiger partial charge in [-0.2, -0.15) is 18.3 Å². The molecule has 0 bridgehead atoms. The van der Waals surface area contributed by atoms with Crippen molar-refractivity contribution in [3.63, 3.8) is 0 Å². The lowest BCUT2D eigenvalue weighted by molar-refractivity contribution is -0.192. The number of hydrogen-bond acceptors (Lipinski definition) is 6. The van der Waals surface area contributed by atoms with E-state index in [2.05, 4.69) is 15.5 Å². The first-order valence-electron chi connectivity index (χ1n) is 14.7. The molecular weight excluding hydrogens is 586 g/mol. The normalized spacial score (nSPS) is 18.0. The number of H-pyrrole nitrogens is 1. The molecule has 240 valence electrons. The number of piperazine rings is 1. The number of carbonyl (C=O) groups excluding carboxylic acids is 2. The summed E-state index contributed by atoms with van der Waals surface area (Å²) in [5, 5.41) is 17.4. The van der Waals surface area contributed by atoms with Crippen molar-refractivity contribution in [1.29, 1.82) is 0 Å². The van der Waals surface area contributed by atoms with Gasteiger partial charge in [0.15, 0.2) is 0 Å². The van der Waals surface area contributed by atoms with Gasteiger partial charge >= 0.3 is 12.1 Å². The van der Waals surface area contributed by atoms with Crippen LogP contribution in [0.5, 0.6) is 0 Å². The molecule has 3 aliphatic rings. The first-order valence-corrected chi connectivity index (χ1v) is 14.7. The minimum Gasteiger partial charge on any atom is -0.475 e. The zero-order valence-corrected chi connectivity index (χ0v) is 24.7. The Balaban J connectivity index is 0.000000566. The predicted molar refractivity (Wildman–Crippen MR) is 152 cm³/mol. The van der Waals surface area contributed by atoms with Crippen molar-refractivity contribution in [3.05, 3.63) is 62.3 Å². The molecule has 2 amide bonds. The first kappa shape index (κ1) is 33.1. The smallest absolute Gasteiger partial charge is 0.475 e. The molecule has 1 saturated heterocycles. The van der Waals surface area contributed by atoms with Crippen LogP contribution in [0.25, 0.3) is 0 Å². The van der Waals surface area contributed by atoms with Crippen molar-refractivity contribution in [2.75, 3.05) is 32.7 Å². The molecule has 3 N–H and O–H groups in total. The third-order valence-electron chi connectivity index (χ3n) is 8.65. The fraction of sp³-hybridized carbons (Fsp3) is 0.567. The van der Waals surface area contributed by atoms with Gasteiger partial charge in [-0.1, -0.05) is 18.9 Å². The molecule has 0 unspecified atom stereocenters. The zero-order chi connectivity index (χ0) is 32.2. The summed E-state index contributed by atoms with van der Waals surface area (Å²) in [4.78, 5) is 51.0. The number of halogens is 4. The minimum atomic E-state index is -5.08. The summed E-state index contributed by atoms with van der Waals surface area (Å²) in [5.41, 5.74) is 2.14. The van der Waals surface area contributed by atoms with Gasteiger partial charge in [-0.25, -0.2) is 14.3 Å². The number of nitrogens with one attached hydrogen (secondary N) is 2. The Morgan fingerprint density at radius 3 is 2.20 bits per heavy atom. The maximum absolute atomic E-state index is 14.7. The van der Waals surface area contributed by atoms with E-state index in [9.17, 15) is 31.9 Å². The van der Waals surface area contributed by atoms with Crippen LogP contribution in [-0.4, -0.2) is 87.3 Å². The van der Waals surface area contributed by atoms with Gasteiger partial charge in [0.2, 0.25) is 5.91 Å². The van der Waals surface area contributed by atoms with E-state index in [4.69, 9.17) is 9.90 Å². The van der Waals surface area contributed by atoms with E-state index < -0.39 is 23.5 Å². The van der Waals surface area contributed by atoms with Crippen LogP contribution in [0, 0.1) is 25.6 Å². The molecule has 0 spiro atoms. The Bertz CT molecular complexity index is 1440. The molecule has 14 heteroatoms. The highest BCUT2D eigenvalue weighted by atomic mass is 19.4. The van der Waals surface area contributed by atoms with Gasteiger partial charge in [-0.3, -0.25) is 14.4 Å². The Hall–Kier alpha value is -3.81. The van der Waals surface area contributed by atoms with Crippen molar-refractivity contribution in [1.82, 2.24) is 25.3 Å². The second kappa shape index (κ2) is 13.4. The molecule has 1 aliphatic heterocycles. The zero-order valence-electron chi connectivity index (χ0n) is 24.7. The minimum absolute atomic E-state index is 0.0226. The largest absolute Gasteiger partial charge is 0.490 e. The third-order valence-corrected chi connectivity index (χ3v) is 8.65. The van der Waals surface area contributed by atoms with E-state index in [1.807, 2.05) is 11.8 Å². The topological polar surface area (TPSA) is 136 Å². The van der Waals surface area contributed by atoms with Crippen LogP contribution in [0.2, 0.25) is 0 Å². The van der Waals surface area contributed by atoms with Gasteiger partial charge in [0, 0.05) is 38.2 Å². The molecule has 10 nitrogen and oxygen atoms in total. The Kier molecular flexibility index (Phi) is 10.1. The number of benzene rings is 1. The van der Waals surface area contributed by atoms with Gasteiger partial charge in [-0.05, 0) is 75.3 Å². The SMILES string of the molecule is Cc1c(Cc2ccc(F)c(C(=O)N3CCN(C(=O)C4(NCC5CC5)CCCC4)CC3)c2)n[nH]c(=O)c1C.O=C(O)C(F)(F)F. The molecule has 3 fully saturated rings. The molecule has 0 radical (unpaired) electrons. The summed E-state index contributed by atoms with van der Waals surface area (Å²) in [7, 11) is 0. The van der Waals surface area contributed by atoms with Crippen LogP contribution in [0.1, 0.15) is 71.3 Å². The van der Waals surface area contributed by atoms with Crippen LogP contribution < -0.4 is 10.9 Å². The van der Waals surface area contributed by atoms with Crippen LogP contribution in [0.4, 0.5) is 17.6 Å². The maximum atomic E-state index is 14.7. The number of carbonyl (C=O) groups is 3. The summed E-state index contributed by atoms with van der Waals surface area (Å²) in [6, 6.07) is 4.53. The van der Waals surface area contributed by atoms with Crippen LogP contribution >= 0.6 is 0 Å². The van der Waals surface area contributed by atoms with E-state index >= 15 is 0 Å². The van der Waals surface area contributed by atoms with E-state index in [0.29, 0.717) is 49.8 Å². The fourth-order valence-electron chi connectivity index (χ4n) is 5.58. The summed E-state index contributed by atoms with van der Waals surface area (Å²) in [5.74, 6) is -2.82. The van der Waals surface area contributed by atoms with E-state index in [-0.39, 0.29) is 22.9 Å². The lowest BCUT2D eigenvalue weighted by atomic mass is 9.94. The molecular formula is C30H37F4N5O5. The van der Waals surface area contributed by atoms with Gasteiger partial charge in [0.1, 0.15) is 5.82 Å². The van der Waals surface area contributed by atoms with E-state index in [0.717, 1.165) is 43.4 Å². The van der Waals surface area contributed by atoms with Crippen molar-refractivity contribution in [3.8, 4) is 0 Å². The number of carboxylic acids is 1. The highest BCUT2D eigenvalue weighted by molar-refractivity contribution is 5.95. The maximum Gasteiger partial charge on any atom is 0.490 e. The number of rotatable bonds is 7. The van der Waals surface area contributed by atoms with Gasteiger partial charge in [0.05, 0.1) is 16.8 Å². The van der Waals surface area contributed by atoms with Crippen LogP contribution in [0.15, 0.2) is 23.0 Å². The average Bonchev–Trinajstić information content (AvgIpc) is 3.71. The van der Waals surface area contributed by atoms with Gasteiger partial charge in [-0.15, -0.1) is 0 Å². The molecule has 1 aromatic carbocycles. The quantitative estimate of drug-likeness (QED) is 0.403. The molecule has 5 rings (SSSR count). The number of carboxylic acid groups (broad SMARTS) is 1. The average molecular weight is 624 g/mol. The third kappa shape index (κ3) is 7.82. The molecule has 1 aromatic heterocycles. The molecule has 44 heavy (non-hydrogen) atoms. The van der Waals surface area contributed by atoms with Crippen LogP contribution in [-0.2, 0) is 16.0 Å². The first-order chi connectivity index (χ1) is 20.7. The molecule has 2 saturated carbocycles. The van der Waals surface area contributed by atoms with Crippen molar-refractivity contribution in [2.45, 2.75) is 70.5 Å². The van der Waals surface area contributed by atoms with E-state index in [1.165, 1.54) is 18.9 Å². The fourth-order valence-corrected chi connectivity index (χ4v) is 5.58. The summed E-state index contributed by atoms with van der Waals surface area (Å²) in [6.07, 6.45) is 1.66. The lowest BCUT2D eigenvalue weighted by Gasteiger charge is -2.40. The Morgan fingerprint density at radius 2 is 1.64 bits per heavy atom. The summed E-state index contributed by atoms with van der Waals surface area (Å²) < 4.78 is 46.5. The molecule has 2 aromatic rings. The van der Waals surface area contributed by atoms with Gasteiger partial charge < -0.3 is 20.2 Å². The monoisotopic (exact) mass is 623 g/mol. The second-order valence-electron chi connectivity index (χ2n) is 11.7. The summed E-state index contributed by atoms with van der Waals surface area (Å²) in [6.45, 7) is 6.16. The predicted octanol–water partition coefficient (Wildman–Crippen LogP) is 3.35. The Morgan fingerprint density at radius 1 is 1.05 bits per heavy atom. The van der Waals surface area contributed by atoms with Gasteiger partial charge in [0.25, 0.3) is 11.5 Å². The molecule has 2 aliphatic carbocycles. The molecule has 0 atom stereocenters. The number of amides is 2. The number of aromatic nitrogens is 2. The van der Waals surface area contributed by atoms with Crippen molar-refractivity contribution < 1.29 is 37.1 Å². The van der Waals surface area contributed by atoms with Crippen molar-refractivity contribution >= 4 is 17.8 Å². The Labute approximate surface area is 251 Å². The number of alkyl halides is 3. The number of hydrogen-bond donors (Lipinski definition) is 3. The molecule has 2 heterocycles. The second-order valence-corrected chi connectivity index (χ2v) is 11.7. The highest BCUT2D eigenvalue weighted by Gasteiger charge is 2.45. The standard InChI is InChI=1S/C28H36FN5O3.C2HF3O2/c1-18-19(2)25(35)32-31-24(18)16-21-7-8-23(29)22(15-21)26(36)33-11-13-34(14-12-33)27(37)28(9-3-4-10-28)30-17-20-5-6-20;3-2(4,5)1(6)7/h7-8,15,20,30H,3-6,9-14,16-17H2,1-2H3,(H,32,35);(H,6,7).